The Labute approximate surface area is 222 Å². The minimum Gasteiger partial charge on any atom is -0.338 e. The van der Waals surface area contributed by atoms with Gasteiger partial charge in [-0.3, -0.25) is 19.6 Å². The van der Waals surface area contributed by atoms with Gasteiger partial charge < -0.3 is 21.3 Å². The lowest BCUT2D eigenvalue weighted by Gasteiger charge is -2.37. The average molecular weight is 523 g/mol. The summed E-state index contributed by atoms with van der Waals surface area (Å²) in [7, 11) is 0. The Hall–Kier alpha value is -3.28. The number of aromatic nitrogens is 2. The molecule has 0 saturated carbocycles. The first-order valence-corrected chi connectivity index (χ1v) is 13.4. The highest BCUT2D eigenvalue weighted by Gasteiger charge is 2.39. The molecule has 0 aliphatic carbocycles. The maximum absolute atomic E-state index is 12.7. The van der Waals surface area contributed by atoms with Crippen molar-refractivity contribution in [2.45, 2.75) is 69.7 Å². The first-order valence-electron chi connectivity index (χ1n) is 13.4. The number of nitrogens with one attached hydrogen (secondary N) is 1. The highest BCUT2D eigenvalue weighted by atomic mass is 16.2. The molecule has 1 aromatic carbocycles. The third-order valence-corrected chi connectivity index (χ3v) is 7.94. The summed E-state index contributed by atoms with van der Waals surface area (Å²) in [5.74, 6) is 0.0486. The number of rotatable bonds is 5. The van der Waals surface area contributed by atoms with Crippen LogP contribution in [0.25, 0.3) is 5.69 Å². The number of piperidine rings is 1. The summed E-state index contributed by atoms with van der Waals surface area (Å²) >= 11 is 0. The van der Waals surface area contributed by atoms with Gasteiger partial charge in [-0.1, -0.05) is 12.1 Å². The Kier molecular flexibility index (Phi) is 7.26. The first kappa shape index (κ1) is 26.3. The van der Waals surface area contributed by atoms with Crippen LogP contribution >= 0.6 is 0 Å². The van der Waals surface area contributed by atoms with Crippen molar-refractivity contribution in [1.29, 1.82) is 0 Å². The van der Waals surface area contributed by atoms with E-state index in [0.717, 1.165) is 25.1 Å². The van der Waals surface area contributed by atoms with Crippen LogP contribution in [0.15, 0.2) is 41.3 Å². The molecule has 5 N–H and O–H groups in total. The molecule has 38 heavy (non-hydrogen) atoms. The highest BCUT2D eigenvalue weighted by Crippen LogP contribution is 2.36. The van der Waals surface area contributed by atoms with Gasteiger partial charge in [0.05, 0.1) is 11.2 Å². The Balaban J connectivity index is 1.17. The third kappa shape index (κ3) is 5.59. The van der Waals surface area contributed by atoms with Gasteiger partial charge in [0.15, 0.2) is 0 Å². The molecule has 204 valence electrons. The number of piperazine rings is 1. The van der Waals surface area contributed by atoms with E-state index in [9.17, 15) is 14.4 Å². The maximum atomic E-state index is 12.7. The fourth-order valence-electron chi connectivity index (χ4n) is 5.93. The number of urea groups is 1. The van der Waals surface area contributed by atoms with Crippen LogP contribution in [-0.4, -0.2) is 86.0 Å². The summed E-state index contributed by atoms with van der Waals surface area (Å²) < 4.78 is 1.46. The average Bonchev–Trinajstić information content (AvgIpc) is 3.11. The molecule has 3 aliphatic rings. The maximum Gasteiger partial charge on any atom is 0.354 e. The van der Waals surface area contributed by atoms with Crippen LogP contribution in [0, 0.1) is 0 Å². The SMILES string of the molecule is CC(C)(N)C(=O)N1CCN(C(=O)Nc2ccn(-c3ccc(CN4C5CCC4CC(N)C5)cc3)c(=O)n2)CC1. The molecule has 3 amide bonds. The Morgan fingerprint density at radius 2 is 1.61 bits per heavy atom. The predicted octanol–water partition coefficient (Wildman–Crippen LogP) is 1.10. The standard InChI is InChI=1S/C27H38N8O3/c1-27(2,29)24(36)32-11-13-33(14-12-32)25(37)30-23-9-10-34(26(38)31-23)20-5-3-18(4-6-20)17-35-21-7-8-22(35)16-19(28)15-21/h3-6,9-10,19,21-22H,7-8,11-17,28-29H2,1-2H3,(H,30,31,37,38). The molecule has 2 aromatic rings. The Bertz CT molecular complexity index is 1220. The second-order valence-corrected chi connectivity index (χ2v) is 11.4. The van der Waals surface area contributed by atoms with E-state index >= 15 is 0 Å². The molecule has 11 heteroatoms. The van der Waals surface area contributed by atoms with Crippen molar-refractivity contribution >= 4 is 17.8 Å². The normalized spacial score (nSPS) is 23.9. The van der Waals surface area contributed by atoms with Crippen LogP contribution in [0.5, 0.6) is 0 Å². The van der Waals surface area contributed by atoms with Gasteiger partial charge in [-0.2, -0.15) is 4.98 Å². The van der Waals surface area contributed by atoms with Crippen LogP contribution in [0.4, 0.5) is 10.6 Å². The van der Waals surface area contributed by atoms with E-state index in [1.54, 1.807) is 35.9 Å². The van der Waals surface area contributed by atoms with Gasteiger partial charge in [-0.05, 0) is 63.3 Å². The minimum atomic E-state index is -0.944. The monoisotopic (exact) mass is 522 g/mol. The number of hydrogen-bond donors (Lipinski definition) is 3. The van der Waals surface area contributed by atoms with E-state index in [4.69, 9.17) is 11.5 Å². The smallest absolute Gasteiger partial charge is 0.338 e. The van der Waals surface area contributed by atoms with Crippen molar-refractivity contribution in [3.63, 3.8) is 0 Å². The quantitative estimate of drug-likeness (QED) is 0.534. The van der Waals surface area contributed by atoms with E-state index in [0.29, 0.717) is 44.3 Å². The van der Waals surface area contributed by atoms with Crippen LogP contribution in [-0.2, 0) is 11.3 Å². The highest BCUT2D eigenvalue weighted by molar-refractivity contribution is 5.89. The molecule has 4 heterocycles. The molecule has 2 bridgehead atoms. The second kappa shape index (κ2) is 10.5. The number of hydrogen-bond acceptors (Lipinski definition) is 7. The molecule has 3 aliphatic heterocycles. The zero-order valence-corrected chi connectivity index (χ0v) is 22.2. The van der Waals surface area contributed by atoms with Crippen molar-refractivity contribution in [3.8, 4) is 5.69 Å². The third-order valence-electron chi connectivity index (χ3n) is 7.94. The lowest BCUT2D eigenvalue weighted by Crippen LogP contribution is -2.58. The number of benzene rings is 1. The summed E-state index contributed by atoms with van der Waals surface area (Å²) in [5.41, 5.74) is 12.6. The second-order valence-electron chi connectivity index (χ2n) is 11.4. The van der Waals surface area contributed by atoms with Gasteiger partial charge in [-0.15, -0.1) is 0 Å². The van der Waals surface area contributed by atoms with E-state index < -0.39 is 11.2 Å². The van der Waals surface area contributed by atoms with Crippen molar-refractivity contribution < 1.29 is 9.59 Å². The van der Waals surface area contributed by atoms with Gasteiger partial charge in [-0.25, -0.2) is 9.59 Å². The van der Waals surface area contributed by atoms with E-state index in [1.165, 1.54) is 23.0 Å². The number of nitrogens with two attached hydrogens (primary N) is 2. The summed E-state index contributed by atoms with van der Waals surface area (Å²) in [6.45, 7) is 5.81. The van der Waals surface area contributed by atoms with Gasteiger partial charge in [0.25, 0.3) is 0 Å². The topological polar surface area (TPSA) is 143 Å². The van der Waals surface area contributed by atoms with Crippen LogP contribution < -0.4 is 22.5 Å². The number of nitrogens with zero attached hydrogens (tertiary/aromatic N) is 5. The first-order chi connectivity index (χ1) is 18.1. The zero-order valence-electron chi connectivity index (χ0n) is 22.2. The molecule has 3 saturated heterocycles. The van der Waals surface area contributed by atoms with Crippen molar-refractivity contribution in [2.24, 2.45) is 11.5 Å². The van der Waals surface area contributed by atoms with E-state index in [2.05, 4.69) is 27.3 Å². The van der Waals surface area contributed by atoms with Gasteiger partial charge in [0, 0.05) is 57.0 Å². The molecular formula is C27H38N8O3. The Morgan fingerprint density at radius 1 is 1.00 bits per heavy atom. The van der Waals surface area contributed by atoms with Crippen LogP contribution in [0.1, 0.15) is 45.1 Å². The molecule has 0 radical (unpaired) electrons. The van der Waals surface area contributed by atoms with Crippen molar-refractivity contribution in [1.82, 2.24) is 24.3 Å². The molecule has 11 nitrogen and oxygen atoms in total. The molecule has 5 rings (SSSR count). The summed E-state index contributed by atoms with van der Waals surface area (Å²) in [6.07, 6.45) is 6.21. The summed E-state index contributed by atoms with van der Waals surface area (Å²) in [4.78, 5) is 47.7. The largest absolute Gasteiger partial charge is 0.354 e. The van der Waals surface area contributed by atoms with Crippen LogP contribution in [0.2, 0.25) is 0 Å². The van der Waals surface area contributed by atoms with E-state index in [-0.39, 0.29) is 17.8 Å². The molecule has 1 aromatic heterocycles. The fourth-order valence-corrected chi connectivity index (χ4v) is 5.93. The molecular weight excluding hydrogens is 484 g/mol. The number of amides is 3. The lowest BCUT2D eigenvalue weighted by molar-refractivity contribution is -0.137. The van der Waals surface area contributed by atoms with Gasteiger partial charge >= 0.3 is 11.7 Å². The zero-order chi connectivity index (χ0) is 27.0. The molecule has 2 atom stereocenters. The number of anilines is 1. The lowest BCUT2D eigenvalue weighted by atomic mass is 9.97. The number of fused-ring (bicyclic) bond motifs is 2. The fraction of sp³-hybridized carbons (Fsp3) is 0.556. The molecule has 3 fully saturated rings. The number of carbonyl (C=O) groups is 2. The number of carbonyl (C=O) groups excluding carboxylic acids is 2. The molecule has 2 unspecified atom stereocenters. The van der Waals surface area contributed by atoms with Crippen molar-refractivity contribution in [3.05, 3.63) is 52.6 Å². The minimum absolute atomic E-state index is 0.140. The summed E-state index contributed by atoms with van der Waals surface area (Å²) in [5, 5.41) is 2.70. The van der Waals surface area contributed by atoms with E-state index in [1.807, 2.05) is 12.1 Å². The van der Waals surface area contributed by atoms with Crippen molar-refractivity contribution in [2.75, 3.05) is 31.5 Å². The van der Waals surface area contributed by atoms with Gasteiger partial charge in [0.2, 0.25) is 5.91 Å². The predicted molar refractivity (Wildman–Crippen MR) is 145 cm³/mol. The van der Waals surface area contributed by atoms with Crippen LogP contribution in [0.3, 0.4) is 0 Å². The van der Waals surface area contributed by atoms with Gasteiger partial charge in [0.1, 0.15) is 5.82 Å². The summed E-state index contributed by atoms with van der Waals surface area (Å²) in [6, 6.07) is 10.7. The molecule has 0 spiro atoms. The Morgan fingerprint density at radius 3 is 2.18 bits per heavy atom.